The predicted octanol–water partition coefficient (Wildman–Crippen LogP) is 14.9. The Morgan fingerprint density at radius 2 is 0.740 bits per heavy atom. The molecule has 0 fully saturated rings. The van der Waals surface area contributed by atoms with Crippen molar-refractivity contribution in [3.8, 4) is 0 Å². The van der Waals surface area contributed by atoms with Crippen LogP contribution in [0.4, 0.5) is 11.4 Å². The van der Waals surface area contributed by atoms with E-state index in [1.807, 2.05) is 72.7 Å². The topological polar surface area (TPSA) is 82.9 Å². The lowest BCUT2D eigenvalue weighted by Crippen LogP contribution is -2.25. The van der Waals surface area contributed by atoms with Crippen molar-refractivity contribution in [3.63, 3.8) is 0 Å². The summed E-state index contributed by atoms with van der Waals surface area (Å²) in [5.41, 5.74) is 13.6. The molecule has 77 heavy (non-hydrogen) atoms. The van der Waals surface area contributed by atoms with Crippen molar-refractivity contribution in [1.29, 1.82) is 0 Å². The number of aryl methyl sites for hydroxylation is 3. The van der Waals surface area contributed by atoms with Crippen LogP contribution < -0.4 is 10.0 Å². The van der Waals surface area contributed by atoms with Gasteiger partial charge in [0.1, 0.15) is 0 Å². The number of fused-ring (bicyclic) bond motifs is 9. The van der Waals surface area contributed by atoms with E-state index in [0.29, 0.717) is 39.5 Å². The highest BCUT2D eigenvalue weighted by Gasteiger charge is 2.16. The number of nitrogens with zero attached hydrogens (tertiary/aromatic N) is 7. The van der Waals surface area contributed by atoms with Crippen LogP contribution in [-0.4, -0.2) is 65.0 Å². The lowest BCUT2D eigenvalue weighted by Gasteiger charge is -2.21. The van der Waals surface area contributed by atoms with Crippen LogP contribution in [0.5, 0.6) is 0 Å². The van der Waals surface area contributed by atoms with Gasteiger partial charge < -0.3 is 32.6 Å². The van der Waals surface area contributed by atoms with Gasteiger partial charge in [0.15, 0.2) is 12.6 Å². The second-order valence-electron chi connectivity index (χ2n) is 19.4. The van der Waals surface area contributed by atoms with Crippen molar-refractivity contribution in [2.75, 3.05) is 36.3 Å². The molecule has 0 amide bonds. The van der Waals surface area contributed by atoms with E-state index in [4.69, 9.17) is 29.2 Å². The quantitative estimate of drug-likeness (QED) is 0.0361. The van der Waals surface area contributed by atoms with Gasteiger partial charge >= 0.3 is 0 Å². The molecule has 0 N–H and O–H groups in total. The summed E-state index contributed by atoms with van der Waals surface area (Å²) in [6.45, 7) is 16.0. The van der Waals surface area contributed by atoms with Gasteiger partial charge in [0.2, 0.25) is 0 Å². The SMILES string of the molecule is CCn1c2ccccc2c2cc(C=NN(CCOC(C)OCc3ccc4c(c3)c3cc(COC(C)OCCN(N=Cc5ccc6c(c5)c5ccccc5n6CC)c5ccccc5)ccc3n4CC)c3ccccc3)ccc21. The summed E-state index contributed by atoms with van der Waals surface area (Å²) in [6.07, 6.45) is 3.03. The zero-order valence-electron chi connectivity index (χ0n) is 44.8. The zero-order valence-corrected chi connectivity index (χ0v) is 44.8. The second kappa shape index (κ2) is 23.5. The molecule has 11 rings (SSSR count). The third kappa shape index (κ3) is 11.0. The van der Waals surface area contributed by atoms with Crippen LogP contribution >= 0.6 is 0 Å². The highest BCUT2D eigenvalue weighted by molar-refractivity contribution is 6.11. The second-order valence-corrected chi connectivity index (χ2v) is 19.4. The maximum Gasteiger partial charge on any atom is 0.155 e. The smallest absolute Gasteiger partial charge is 0.155 e. The molecule has 0 aliphatic carbocycles. The molecule has 11 heteroatoms. The summed E-state index contributed by atoms with van der Waals surface area (Å²) in [5.74, 6) is 0. The van der Waals surface area contributed by atoms with Crippen molar-refractivity contribution in [2.24, 2.45) is 10.2 Å². The molecule has 0 saturated heterocycles. The summed E-state index contributed by atoms with van der Waals surface area (Å²) in [7, 11) is 0. The minimum Gasteiger partial charge on any atom is -0.351 e. The normalized spacial score (nSPS) is 12.9. The summed E-state index contributed by atoms with van der Waals surface area (Å²) < 4.78 is 32.3. The average Bonchev–Trinajstić information content (AvgIpc) is 4.17. The first-order valence-electron chi connectivity index (χ1n) is 27.1. The van der Waals surface area contributed by atoms with Crippen molar-refractivity contribution < 1.29 is 18.9 Å². The molecule has 8 aromatic carbocycles. The Kier molecular flexibility index (Phi) is 15.6. The van der Waals surface area contributed by atoms with E-state index in [1.54, 1.807) is 0 Å². The minimum absolute atomic E-state index is 0.416. The van der Waals surface area contributed by atoms with Crippen LogP contribution in [0.2, 0.25) is 0 Å². The molecular weight excluding hydrogens is 955 g/mol. The van der Waals surface area contributed by atoms with Crippen molar-refractivity contribution in [3.05, 3.63) is 204 Å². The number of ether oxygens (including phenoxy) is 4. The molecule has 3 aromatic heterocycles. The highest BCUT2D eigenvalue weighted by atomic mass is 16.7. The van der Waals surface area contributed by atoms with Gasteiger partial charge in [0.05, 0.1) is 63.3 Å². The van der Waals surface area contributed by atoms with Gasteiger partial charge in [-0.2, -0.15) is 10.2 Å². The van der Waals surface area contributed by atoms with Crippen molar-refractivity contribution in [1.82, 2.24) is 13.7 Å². The third-order valence-electron chi connectivity index (χ3n) is 14.6. The molecule has 0 aliphatic rings. The first-order valence-corrected chi connectivity index (χ1v) is 27.1. The first kappa shape index (κ1) is 51.1. The van der Waals surface area contributed by atoms with Gasteiger partial charge in [-0.15, -0.1) is 0 Å². The number of aromatic nitrogens is 3. The number of hydrogen-bond donors (Lipinski definition) is 0. The molecule has 0 aliphatic heterocycles. The van der Waals surface area contributed by atoms with Crippen LogP contribution in [0, 0.1) is 0 Å². The summed E-state index contributed by atoms with van der Waals surface area (Å²) in [6, 6.07) is 64.1. The molecule has 3 heterocycles. The van der Waals surface area contributed by atoms with Crippen LogP contribution in [0.15, 0.2) is 192 Å². The maximum atomic E-state index is 6.32. The van der Waals surface area contributed by atoms with Gasteiger partial charge in [0.25, 0.3) is 0 Å². The standard InChI is InChI=1S/C66H67N7O4/c1-6-69-61-25-17-15-23-55(61)57-39-49(27-31-63(57)69)43-67-72(53-19-11-9-12-20-53)35-37-74-47(4)76-45-51-29-33-65-59(41-51)60-42-52(30-34-66(60)71(65)8-3)46-77-48(5)75-38-36-73(54-21-13-10-14-22-54)68-44-50-28-32-64-58(40-50)56-24-16-18-26-62(56)70(64)7-2/h9-34,39-44,47-48H,6-8,35-38,45-46H2,1-5H3. The van der Waals surface area contributed by atoms with Crippen LogP contribution in [0.1, 0.15) is 56.9 Å². The molecule has 2 unspecified atom stereocenters. The molecule has 390 valence electrons. The Balaban J connectivity index is 0.699. The molecule has 0 saturated carbocycles. The zero-order chi connectivity index (χ0) is 52.7. The van der Waals surface area contributed by atoms with Gasteiger partial charge in [-0.1, -0.05) is 97.1 Å². The number of anilines is 2. The molecule has 0 spiro atoms. The van der Waals surface area contributed by atoms with Gasteiger partial charge in [-0.3, -0.25) is 10.0 Å². The van der Waals surface area contributed by atoms with E-state index in [9.17, 15) is 0 Å². The Morgan fingerprint density at radius 3 is 1.14 bits per heavy atom. The lowest BCUT2D eigenvalue weighted by molar-refractivity contribution is -0.136. The molecule has 11 nitrogen and oxygen atoms in total. The Labute approximate surface area is 450 Å². The molecule has 0 bridgehead atoms. The largest absolute Gasteiger partial charge is 0.351 e. The summed E-state index contributed by atoms with van der Waals surface area (Å²) in [4.78, 5) is 0. The number of hydrazone groups is 2. The van der Waals surface area contributed by atoms with Gasteiger partial charge in [0, 0.05) is 85.1 Å². The Hall–Kier alpha value is -8.06. The van der Waals surface area contributed by atoms with Crippen LogP contribution in [-0.2, 0) is 51.8 Å². The van der Waals surface area contributed by atoms with Gasteiger partial charge in [-0.25, -0.2) is 0 Å². The molecule has 0 radical (unpaired) electrons. The van der Waals surface area contributed by atoms with Crippen molar-refractivity contribution >= 4 is 89.2 Å². The van der Waals surface area contributed by atoms with Gasteiger partial charge in [-0.05, 0) is 142 Å². The fourth-order valence-electron chi connectivity index (χ4n) is 10.8. The average molecular weight is 1020 g/mol. The maximum absolute atomic E-state index is 6.32. The first-order chi connectivity index (χ1) is 37.9. The molecule has 11 aromatic rings. The van der Waals surface area contributed by atoms with E-state index >= 15 is 0 Å². The predicted molar refractivity (Wildman–Crippen MR) is 319 cm³/mol. The van der Waals surface area contributed by atoms with E-state index < -0.39 is 12.6 Å². The number of rotatable bonds is 23. The fraction of sp³-hybridized carbons (Fsp3) is 0.242. The van der Waals surface area contributed by atoms with Crippen molar-refractivity contribution in [2.45, 2.75) is 80.0 Å². The number of para-hydroxylation sites is 4. The van der Waals surface area contributed by atoms with E-state index in [0.717, 1.165) is 53.3 Å². The minimum atomic E-state index is -0.425. The fourth-order valence-corrected chi connectivity index (χ4v) is 10.8. The Morgan fingerprint density at radius 1 is 0.390 bits per heavy atom. The highest BCUT2D eigenvalue weighted by Crippen LogP contribution is 2.33. The lowest BCUT2D eigenvalue weighted by atomic mass is 10.1. The Bertz CT molecular complexity index is 3610. The van der Waals surface area contributed by atoms with Crippen LogP contribution in [0.25, 0.3) is 65.4 Å². The third-order valence-corrected chi connectivity index (χ3v) is 14.6. The van der Waals surface area contributed by atoms with E-state index in [1.165, 1.54) is 65.4 Å². The number of hydrogen-bond acceptors (Lipinski definition) is 8. The van der Waals surface area contributed by atoms with Crippen LogP contribution in [0.3, 0.4) is 0 Å². The molecule has 2 atom stereocenters. The van der Waals surface area contributed by atoms with E-state index in [2.05, 4.69) is 180 Å². The summed E-state index contributed by atoms with van der Waals surface area (Å²) >= 11 is 0. The molecular formula is C66H67N7O4. The number of benzene rings is 8. The monoisotopic (exact) mass is 1020 g/mol. The summed E-state index contributed by atoms with van der Waals surface area (Å²) in [5, 5.41) is 21.3. The van der Waals surface area contributed by atoms with E-state index in [-0.39, 0.29) is 0 Å².